The van der Waals surface area contributed by atoms with Gasteiger partial charge in [0, 0.05) is 0 Å². The van der Waals surface area contributed by atoms with Crippen LogP contribution < -0.4 is 5.32 Å². The van der Waals surface area contributed by atoms with E-state index in [4.69, 9.17) is 4.52 Å². The summed E-state index contributed by atoms with van der Waals surface area (Å²) >= 11 is 8.55. The van der Waals surface area contributed by atoms with Crippen LogP contribution in [0, 0.1) is 0 Å². The van der Waals surface area contributed by atoms with Crippen molar-refractivity contribution in [3.05, 3.63) is 19.5 Å². The van der Waals surface area contributed by atoms with Gasteiger partial charge in [-0.1, -0.05) is 11.6 Å². The largest absolute Gasteiger partial charge is 0.334 e. The van der Waals surface area contributed by atoms with Crippen molar-refractivity contribution < 1.29 is 4.52 Å². The smallest absolute Gasteiger partial charge is 0.260 e. The highest BCUT2D eigenvalue weighted by molar-refractivity contribution is 9.12. The summed E-state index contributed by atoms with van der Waals surface area (Å²) in [4.78, 5) is 4.49. The van der Waals surface area contributed by atoms with Crippen LogP contribution in [0.5, 0.6) is 0 Å². The second-order valence-corrected chi connectivity index (χ2v) is 7.95. The van der Waals surface area contributed by atoms with Crippen molar-refractivity contribution >= 4 is 43.2 Å². The molecule has 1 aliphatic heterocycles. The van der Waals surface area contributed by atoms with Crippen molar-refractivity contribution in [2.24, 2.45) is 0 Å². The molecule has 3 heterocycles. The van der Waals surface area contributed by atoms with Crippen LogP contribution in [-0.2, 0) is 0 Å². The molecule has 0 radical (unpaired) electrons. The Morgan fingerprint density at radius 1 is 1.39 bits per heavy atom. The van der Waals surface area contributed by atoms with Crippen LogP contribution in [0.3, 0.4) is 0 Å². The van der Waals surface area contributed by atoms with Gasteiger partial charge in [0.05, 0.1) is 19.2 Å². The van der Waals surface area contributed by atoms with Gasteiger partial charge in [0.1, 0.15) is 0 Å². The Labute approximate surface area is 125 Å². The molecule has 0 aromatic carbocycles. The third kappa shape index (κ3) is 2.54. The zero-order valence-corrected chi connectivity index (χ0v) is 13.4. The Hall–Kier alpha value is -0.240. The molecule has 7 heteroatoms. The van der Waals surface area contributed by atoms with Crippen LogP contribution in [0.25, 0.3) is 11.5 Å². The summed E-state index contributed by atoms with van der Waals surface area (Å²) in [6, 6.07) is 2.22. The molecular formula is C11H11Br2N3OS. The van der Waals surface area contributed by atoms with E-state index in [9.17, 15) is 0 Å². The standard InChI is InChI=1S/C11H11Br2N3OS/c12-8-5-6(9(13)18-8)11-15-10(16-17-11)7-3-1-2-4-14-7/h5,7,14H,1-4H2. The van der Waals surface area contributed by atoms with Gasteiger partial charge < -0.3 is 9.84 Å². The quantitative estimate of drug-likeness (QED) is 0.834. The molecule has 1 saturated heterocycles. The van der Waals surface area contributed by atoms with Gasteiger partial charge >= 0.3 is 0 Å². The van der Waals surface area contributed by atoms with E-state index in [0.717, 1.165) is 31.9 Å². The number of thiophene rings is 1. The lowest BCUT2D eigenvalue weighted by Gasteiger charge is -2.19. The Kier molecular flexibility index (Phi) is 3.83. The molecule has 1 unspecified atom stereocenters. The van der Waals surface area contributed by atoms with Crippen molar-refractivity contribution in [2.75, 3.05) is 6.54 Å². The van der Waals surface area contributed by atoms with Crippen molar-refractivity contribution in [2.45, 2.75) is 25.3 Å². The summed E-state index contributed by atoms with van der Waals surface area (Å²) < 4.78 is 7.40. The van der Waals surface area contributed by atoms with Crippen molar-refractivity contribution in [3.63, 3.8) is 0 Å². The summed E-state index contributed by atoms with van der Waals surface area (Å²) in [6.07, 6.45) is 3.52. The normalized spacial score (nSPS) is 20.2. The minimum atomic E-state index is 0.233. The van der Waals surface area contributed by atoms with Crippen molar-refractivity contribution in [1.82, 2.24) is 15.5 Å². The topological polar surface area (TPSA) is 51.0 Å². The Balaban J connectivity index is 1.86. The minimum Gasteiger partial charge on any atom is -0.334 e. The first kappa shape index (κ1) is 12.8. The fraction of sp³-hybridized carbons (Fsp3) is 0.455. The van der Waals surface area contributed by atoms with Gasteiger partial charge in [-0.2, -0.15) is 4.98 Å². The van der Waals surface area contributed by atoms with Gasteiger partial charge in [0.15, 0.2) is 5.82 Å². The summed E-state index contributed by atoms with van der Waals surface area (Å²) in [7, 11) is 0. The molecule has 1 fully saturated rings. The second-order valence-electron chi connectivity index (χ2n) is 4.20. The highest BCUT2D eigenvalue weighted by atomic mass is 79.9. The lowest BCUT2D eigenvalue weighted by atomic mass is 10.0. The van der Waals surface area contributed by atoms with Crippen LogP contribution in [0.15, 0.2) is 18.2 Å². The maximum Gasteiger partial charge on any atom is 0.260 e. The number of halogens is 2. The number of rotatable bonds is 2. The number of nitrogens with zero attached hydrogens (tertiary/aromatic N) is 2. The zero-order valence-electron chi connectivity index (χ0n) is 9.45. The first-order valence-electron chi connectivity index (χ1n) is 5.76. The number of hydrogen-bond donors (Lipinski definition) is 1. The van der Waals surface area contributed by atoms with Crippen LogP contribution >= 0.6 is 43.2 Å². The molecule has 0 amide bonds. The van der Waals surface area contributed by atoms with Crippen LogP contribution in [-0.4, -0.2) is 16.7 Å². The maximum atomic E-state index is 5.35. The number of nitrogens with one attached hydrogen (secondary N) is 1. The first-order valence-corrected chi connectivity index (χ1v) is 8.16. The third-order valence-electron chi connectivity index (χ3n) is 2.95. The van der Waals surface area contributed by atoms with E-state index >= 15 is 0 Å². The highest BCUT2D eigenvalue weighted by Crippen LogP contribution is 2.38. The molecule has 0 spiro atoms. The van der Waals surface area contributed by atoms with Crippen LogP contribution in [0.4, 0.5) is 0 Å². The molecular weight excluding hydrogens is 382 g/mol. The van der Waals surface area contributed by atoms with Gasteiger partial charge in [0.2, 0.25) is 0 Å². The van der Waals surface area contributed by atoms with Crippen molar-refractivity contribution in [1.29, 1.82) is 0 Å². The lowest BCUT2D eigenvalue weighted by molar-refractivity contribution is 0.367. The molecule has 0 saturated carbocycles. The molecule has 18 heavy (non-hydrogen) atoms. The Morgan fingerprint density at radius 3 is 2.94 bits per heavy atom. The molecule has 0 aliphatic carbocycles. The van der Waals surface area contributed by atoms with E-state index in [1.807, 2.05) is 6.07 Å². The van der Waals surface area contributed by atoms with Gasteiger partial charge in [-0.15, -0.1) is 11.3 Å². The predicted molar refractivity (Wildman–Crippen MR) is 77.6 cm³/mol. The molecule has 1 atom stereocenters. The van der Waals surface area contributed by atoms with E-state index in [0.29, 0.717) is 5.89 Å². The predicted octanol–water partition coefficient (Wildman–Crippen LogP) is 4.14. The van der Waals surface area contributed by atoms with E-state index in [1.165, 1.54) is 12.8 Å². The number of piperidine rings is 1. The minimum absolute atomic E-state index is 0.233. The average molecular weight is 393 g/mol. The molecule has 1 N–H and O–H groups in total. The lowest BCUT2D eigenvalue weighted by Crippen LogP contribution is -2.27. The zero-order chi connectivity index (χ0) is 12.5. The highest BCUT2D eigenvalue weighted by Gasteiger charge is 2.22. The molecule has 3 rings (SSSR count). The summed E-state index contributed by atoms with van der Waals surface area (Å²) in [6.45, 7) is 1.03. The van der Waals surface area contributed by atoms with Crippen LogP contribution in [0.1, 0.15) is 31.1 Å². The molecule has 96 valence electrons. The summed E-state index contributed by atoms with van der Waals surface area (Å²) in [5.74, 6) is 1.34. The SMILES string of the molecule is Brc1cc(-c2nc(C3CCCCN3)no2)c(Br)s1. The fourth-order valence-corrected chi connectivity index (χ4v) is 4.82. The monoisotopic (exact) mass is 391 g/mol. The van der Waals surface area contributed by atoms with Crippen molar-refractivity contribution in [3.8, 4) is 11.5 Å². The van der Waals surface area contributed by atoms with Gasteiger partial charge in [-0.3, -0.25) is 0 Å². The number of hydrogen-bond acceptors (Lipinski definition) is 5. The van der Waals surface area contributed by atoms with Gasteiger partial charge in [0.25, 0.3) is 5.89 Å². The third-order valence-corrected chi connectivity index (χ3v) is 5.29. The van der Waals surface area contributed by atoms with E-state index in [-0.39, 0.29) is 6.04 Å². The Morgan fingerprint density at radius 2 is 2.28 bits per heavy atom. The number of aromatic nitrogens is 2. The van der Waals surface area contributed by atoms with E-state index in [1.54, 1.807) is 11.3 Å². The molecule has 1 aliphatic rings. The maximum absolute atomic E-state index is 5.35. The summed E-state index contributed by atoms with van der Waals surface area (Å²) in [5, 5.41) is 7.50. The molecule has 2 aromatic heterocycles. The van der Waals surface area contributed by atoms with E-state index < -0.39 is 0 Å². The fourth-order valence-electron chi connectivity index (χ4n) is 2.04. The summed E-state index contributed by atoms with van der Waals surface area (Å²) in [5.41, 5.74) is 0.946. The molecule has 0 bridgehead atoms. The van der Waals surface area contributed by atoms with Gasteiger partial charge in [-0.25, -0.2) is 0 Å². The van der Waals surface area contributed by atoms with Gasteiger partial charge in [-0.05, 0) is 57.3 Å². The van der Waals surface area contributed by atoms with Crippen LogP contribution in [0.2, 0.25) is 0 Å². The molecule has 2 aromatic rings. The second kappa shape index (κ2) is 5.40. The van der Waals surface area contributed by atoms with E-state index in [2.05, 4.69) is 47.3 Å². The Bertz CT molecular complexity index is 548. The molecule has 4 nitrogen and oxygen atoms in total. The average Bonchev–Trinajstić information content (AvgIpc) is 2.97. The first-order chi connectivity index (χ1) is 8.74.